The minimum atomic E-state index is -0.483. The Morgan fingerprint density at radius 3 is 2.79 bits per heavy atom. The first kappa shape index (κ1) is 12.6. The third-order valence-electron chi connectivity index (χ3n) is 2.45. The van der Waals surface area contributed by atoms with Crippen molar-refractivity contribution in [2.75, 3.05) is 12.4 Å². The van der Waals surface area contributed by atoms with Gasteiger partial charge in [0.15, 0.2) is 0 Å². The van der Waals surface area contributed by atoms with Crippen molar-refractivity contribution in [3.8, 4) is 0 Å². The summed E-state index contributed by atoms with van der Waals surface area (Å²) in [6, 6.07) is 6.01. The number of carbonyl (C=O) groups is 2. The van der Waals surface area contributed by atoms with Crippen molar-refractivity contribution in [3.05, 3.63) is 53.8 Å². The molecule has 19 heavy (non-hydrogen) atoms. The number of aromatic nitrogens is 2. The van der Waals surface area contributed by atoms with Crippen LogP contribution in [-0.4, -0.2) is 23.6 Å². The number of nitrogens with one attached hydrogen (secondary N) is 2. The standard InChI is InChI=1S/C12H12N4O3/c1-13-11(17)9-3-2-4-10(7-9)14-12(18)15-5-6-16(19)8-15/h2-8H,1H3,(H,13,17)(H,14,18). The summed E-state index contributed by atoms with van der Waals surface area (Å²) in [6.45, 7) is 0. The fourth-order valence-electron chi connectivity index (χ4n) is 1.53. The largest absolute Gasteiger partial charge is 0.711 e. The molecule has 1 heterocycles. The number of imidazole rings is 1. The predicted molar refractivity (Wildman–Crippen MR) is 67.6 cm³/mol. The van der Waals surface area contributed by atoms with Crippen LogP contribution in [-0.2, 0) is 0 Å². The summed E-state index contributed by atoms with van der Waals surface area (Å²) in [6.07, 6.45) is 3.64. The van der Waals surface area contributed by atoms with E-state index < -0.39 is 6.03 Å². The van der Waals surface area contributed by atoms with Crippen molar-refractivity contribution in [2.24, 2.45) is 0 Å². The minimum absolute atomic E-state index is 0.241. The van der Waals surface area contributed by atoms with Crippen LogP contribution < -0.4 is 15.4 Å². The lowest BCUT2D eigenvalue weighted by Crippen LogP contribution is -2.25. The van der Waals surface area contributed by atoms with Gasteiger partial charge in [-0.2, -0.15) is 4.57 Å². The third-order valence-corrected chi connectivity index (χ3v) is 2.45. The van der Waals surface area contributed by atoms with Gasteiger partial charge in [0, 0.05) is 18.3 Å². The zero-order valence-electron chi connectivity index (χ0n) is 10.2. The Labute approximate surface area is 109 Å². The molecule has 7 heteroatoms. The van der Waals surface area contributed by atoms with Crippen molar-refractivity contribution < 1.29 is 14.3 Å². The van der Waals surface area contributed by atoms with Crippen LogP contribution in [0.3, 0.4) is 0 Å². The van der Waals surface area contributed by atoms with E-state index in [-0.39, 0.29) is 5.91 Å². The molecule has 1 aromatic carbocycles. The maximum atomic E-state index is 11.8. The molecule has 7 nitrogen and oxygen atoms in total. The number of anilines is 1. The summed E-state index contributed by atoms with van der Waals surface area (Å²) in [5, 5.41) is 16.0. The van der Waals surface area contributed by atoms with Gasteiger partial charge in [0.25, 0.3) is 12.2 Å². The molecule has 1 aromatic heterocycles. The second-order valence-corrected chi connectivity index (χ2v) is 3.77. The molecule has 0 fully saturated rings. The molecular weight excluding hydrogens is 248 g/mol. The molecular formula is C12H12N4O3. The Morgan fingerprint density at radius 2 is 2.16 bits per heavy atom. The average Bonchev–Trinajstić information content (AvgIpc) is 2.85. The molecule has 2 aromatic rings. The van der Waals surface area contributed by atoms with Gasteiger partial charge < -0.3 is 10.5 Å². The number of hydrogen-bond donors (Lipinski definition) is 2. The van der Waals surface area contributed by atoms with Crippen LogP contribution in [0.4, 0.5) is 10.5 Å². The topological polar surface area (TPSA) is 90.1 Å². The zero-order valence-corrected chi connectivity index (χ0v) is 10.2. The van der Waals surface area contributed by atoms with E-state index in [1.165, 1.54) is 19.4 Å². The first-order valence-corrected chi connectivity index (χ1v) is 5.50. The molecule has 0 atom stereocenters. The van der Waals surface area contributed by atoms with Gasteiger partial charge in [0.05, 0.1) is 0 Å². The molecule has 0 saturated carbocycles. The van der Waals surface area contributed by atoms with E-state index in [9.17, 15) is 14.8 Å². The first-order chi connectivity index (χ1) is 9.10. The molecule has 0 aliphatic heterocycles. The predicted octanol–water partition coefficient (Wildman–Crippen LogP) is 0.561. The van der Waals surface area contributed by atoms with Crippen molar-refractivity contribution in [1.29, 1.82) is 0 Å². The molecule has 2 amide bonds. The number of nitrogens with zero attached hydrogens (tertiary/aromatic N) is 2. The highest BCUT2D eigenvalue weighted by molar-refractivity contribution is 5.97. The van der Waals surface area contributed by atoms with E-state index >= 15 is 0 Å². The van der Waals surface area contributed by atoms with E-state index in [1.54, 1.807) is 24.3 Å². The molecule has 0 unspecified atom stereocenters. The summed E-state index contributed by atoms with van der Waals surface area (Å²) in [5.41, 5.74) is 0.906. The van der Waals surface area contributed by atoms with Gasteiger partial charge in [0.1, 0.15) is 12.4 Å². The average molecular weight is 260 g/mol. The maximum absolute atomic E-state index is 11.8. The lowest BCUT2D eigenvalue weighted by atomic mass is 10.2. The third kappa shape index (κ3) is 2.89. The van der Waals surface area contributed by atoms with Crippen LogP contribution in [0.25, 0.3) is 0 Å². The SMILES string of the molecule is CNC(=O)c1cccc(NC(=O)n2cc[n+]([O-])c2)c1. The summed E-state index contributed by atoms with van der Waals surface area (Å²) in [5.74, 6) is -0.241. The molecule has 2 rings (SSSR count). The van der Waals surface area contributed by atoms with Crippen molar-refractivity contribution in [3.63, 3.8) is 0 Å². The minimum Gasteiger partial charge on any atom is -0.711 e. The molecule has 0 aliphatic rings. The molecule has 2 N–H and O–H groups in total. The number of rotatable bonds is 2. The zero-order chi connectivity index (χ0) is 13.8. The highest BCUT2D eigenvalue weighted by atomic mass is 16.5. The summed E-state index contributed by atoms with van der Waals surface area (Å²) in [7, 11) is 1.53. The van der Waals surface area contributed by atoms with E-state index in [4.69, 9.17) is 0 Å². The monoisotopic (exact) mass is 260 g/mol. The van der Waals surface area contributed by atoms with Gasteiger partial charge in [0.2, 0.25) is 0 Å². The Hall–Kier alpha value is -2.83. The van der Waals surface area contributed by atoms with Crippen LogP contribution in [0.2, 0.25) is 0 Å². The van der Waals surface area contributed by atoms with Crippen LogP contribution in [0, 0.1) is 5.21 Å². The van der Waals surface area contributed by atoms with E-state index in [0.29, 0.717) is 16.0 Å². The van der Waals surface area contributed by atoms with Gasteiger partial charge in [-0.15, -0.1) is 0 Å². The lowest BCUT2D eigenvalue weighted by Gasteiger charge is -2.04. The van der Waals surface area contributed by atoms with E-state index in [2.05, 4.69) is 10.6 Å². The molecule has 98 valence electrons. The Kier molecular flexibility index (Phi) is 3.46. The summed E-state index contributed by atoms with van der Waals surface area (Å²) >= 11 is 0. The molecule has 0 saturated heterocycles. The Morgan fingerprint density at radius 1 is 1.37 bits per heavy atom. The van der Waals surface area contributed by atoms with Crippen LogP contribution >= 0.6 is 0 Å². The molecule has 0 spiro atoms. The Balaban J connectivity index is 2.15. The maximum Gasteiger partial charge on any atom is 0.417 e. The normalized spacial score (nSPS) is 9.95. The van der Waals surface area contributed by atoms with Crippen molar-refractivity contribution in [1.82, 2.24) is 9.88 Å². The summed E-state index contributed by atoms with van der Waals surface area (Å²) in [4.78, 5) is 23.2. The molecule has 0 bridgehead atoms. The molecule has 0 radical (unpaired) electrons. The number of benzene rings is 1. The van der Waals surface area contributed by atoms with Gasteiger partial charge in [-0.05, 0) is 18.2 Å². The van der Waals surface area contributed by atoms with Gasteiger partial charge in [-0.25, -0.2) is 9.52 Å². The lowest BCUT2D eigenvalue weighted by molar-refractivity contribution is -0.604. The quantitative estimate of drug-likeness (QED) is 0.610. The van der Waals surface area contributed by atoms with Crippen molar-refractivity contribution >= 4 is 17.6 Å². The number of amides is 2. The molecule has 0 aliphatic carbocycles. The first-order valence-electron chi connectivity index (χ1n) is 5.50. The van der Waals surface area contributed by atoms with Crippen LogP contribution in [0.5, 0.6) is 0 Å². The van der Waals surface area contributed by atoms with Crippen LogP contribution in [0.1, 0.15) is 10.4 Å². The van der Waals surface area contributed by atoms with Gasteiger partial charge in [-0.3, -0.25) is 10.1 Å². The van der Waals surface area contributed by atoms with Gasteiger partial charge in [-0.1, -0.05) is 6.07 Å². The fourth-order valence-corrected chi connectivity index (χ4v) is 1.53. The Bertz CT molecular complexity index is 621. The summed E-state index contributed by atoms with van der Waals surface area (Å²) < 4.78 is 1.63. The highest BCUT2D eigenvalue weighted by Gasteiger charge is 2.12. The fraction of sp³-hybridized carbons (Fsp3) is 0.0833. The van der Waals surface area contributed by atoms with Crippen LogP contribution in [0.15, 0.2) is 43.0 Å². The second kappa shape index (κ2) is 5.21. The van der Waals surface area contributed by atoms with Gasteiger partial charge >= 0.3 is 6.03 Å². The number of carbonyl (C=O) groups excluding carboxylic acids is 2. The van der Waals surface area contributed by atoms with E-state index in [0.717, 1.165) is 10.9 Å². The smallest absolute Gasteiger partial charge is 0.417 e. The van der Waals surface area contributed by atoms with Crippen molar-refractivity contribution in [2.45, 2.75) is 0 Å². The highest BCUT2D eigenvalue weighted by Crippen LogP contribution is 2.10. The second-order valence-electron chi connectivity index (χ2n) is 3.77. The number of hydrogen-bond acceptors (Lipinski definition) is 3. The van der Waals surface area contributed by atoms with E-state index in [1.807, 2.05) is 0 Å².